The molecule has 7 nitrogen and oxygen atoms in total. The van der Waals surface area contributed by atoms with Gasteiger partial charge in [-0.1, -0.05) is 70.6 Å². The van der Waals surface area contributed by atoms with E-state index in [4.69, 9.17) is 4.55 Å². The van der Waals surface area contributed by atoms with Gasteiger partial charge in [-0.2, -0.15) is 8.42 Å². The van der Waals surface area contributed by atoms with Crippen molar-refractivity contribution in [2.45, 2.75) is 148 Å². The highest BCUT2D eigenvalue weighted by Gasteiger charge is 2.46. The van der Waals surface area contributed by atoms with E-state index in [-0.39, 0.29) is 17.7 Å². The Labute approximate surface area is 202 Å². The molecular weight excluding hydrogens is 440 g/mol. The molecular formula is C25H49N2O5S. The number of amides is 1. The van der Waals surface area contributed by atoms with Crippen molar-refractivity contribution in [2.24, 2.45) is 0 Å². The van der Waals surface area contributed by atoms with Gasteiger partial charge in [-0.15, -0.1) is 10.3 Å². The van der Waals surface area contributed by atoms with Crippen molar-refractivity contribution in [1.82, 2.24) is 10.4 Å². The number of carbonyl (C=O) groups excluding carboxylic acids is 1. The summed E-state index contributed by atoms with van der Waals surface area (Å²) in [5.41, 5.74) is -0.906. The second-order valence-electron chi connectivity index (χ2n) is 11.2. The fourth-order valence-corrected chi connectivity index (χ4v) is 5.75. The van der Waals surface area contributed by atoms with Crippen LogP contribution in [0, 0.1) is 0 Å². The Kier molecular flexibility index (Phi) is 13.5. The number of carbonyl (C=O) groups is 1. The van der Waals surface area contributed by atoms with Crippen LogP contribution < -0.4 is 5.32 Å². The highest BCUT2D eigenvalue weighted by Crippen LogP contribution is 2.37. The van der Waals surface area contributed by atoms with Gasteiger partial charge in [-0.3, -0.25) is 9.35 Å². The van der Waals surface area contributed by atoms with E-state index in [1.165, 1.54) is 50.0 Å². The van der Waals surface area contributed by atoms with Crippen LogP contribution in [0.15, 0.2) is 0 Å². The first-order valence-corrected chi connectivity index (χ1v) is 14.7. The molecule has 0 aliphatic carbocycles. The zero-order valence-corrected chi connectivity index (χ0v) is 22.4. The van der Waals surface area contributed by atoms with Gasteiger partial charge in [0, 0.05) is 23.5 Å². The summed E-state index contributed by atoms with van der Waals surface area (Å²) in [5.74, 6) is -0.0000456. The van der Waals surface area contributed by atoms with Crippen molar-refractivity contribution in [3.8, 4) is 0 Å². The summed E-state index contributed by atoms with van der Waals surface area (Å²) in [6.07, 6.45) is 16.2. The van der Waals surface area contributed by atoms with Gasteiger partial charge in [0.25, 0.3) is 10.1 Å². The lowest BCUT2D eigenvalue weighted by atomic mass is 9.79. The number of nitrogens with one attached hydrogen (secondary N) is 1. The molecule has 0 aromatic rings. The lowest BCUT2D eigenvalue weighted by Gasteiger charge is -2.50. The molecule has 0 bridgehead atoms. The van der Waals surface area contributed by atoms with E-state index >= 15 is 0 Å². The van der Waals surface area contributed by atoms with Crippen molar-refractivity contribution >= 4 is 16.0 Å². The molecule has 0 atom stereocenters. The maximum Gasteiger partial charge on any atom is 0.264 e. The van der Waals surface area contributed by atoms with Crippen LogP contribution in [0.5, 0.6) is 0 Å². The third-order valence-corrected chi connectivity index (χ3v) is 7.57. The number of rotatable bonds is 17. The smallest absolute Gasteiger partial charge is 0.264 e. The Bertz CT molecular complexity index is 646. The van der Waals surface area contributed by atoms with E-state index in [9.17, 15) is 18.4 Å². The molecule has 0 unspecified atom stereocenters. The molecule has 0 aromatic carbocycles. The number of piperidine rings is 1. The Morgan fingerprint density at radius 1 is 0.788 bits per heavy atom. The number of nitrogens with zero attached hydrogens (tertiary/aromatic N) is 1. The molecule has 0 saturated carbocycles. The summed E-state index contributed by atoms with van der Waals surface area (Å²) in [6, 6.07) is 0.0735. The van der Waals surface area contributed by atoms with Crippen molar-refractivity contribution in [3.63, 3.8) is 0 Å². The molecule has 2 N–H and O–H groups in total. The van der Waals surface area contributed by atoms with E-state index in [2.05, 4.69) is 5.32 Å². The predicted octanol–water partition coefficient (Wildman–Crippen LogP) is 5.82. The summed E-state index contributed by atoms with van der Waals surface area (Å²) in [6.45, 7) is 7.82. The largest absolute Gasteiger partial charge is 0.353 e. The fourth-order valence-electron chi connectivity index (χ4n) is 5.18. The minimum absolute atomic E-state index is 0.0735. The number of hydrogen-bond acceptors (Lipinski definition) is 4. The molecule has 1 fully saturated rings. The third-order valence-electron chi connectivity index (χ3n) is 6.76. The van der Waals surface area contributed by atoms with Crippen LogP contribution in [-0.2, 0) is 20.1 Å². The van der Waals surface area contributed by atoms with Crippen molar-refractivity contribution in [1.29, 1.82) is 0 Å². The van der Waals surface area contributed by atoms with Gasteiger partial charge in [-0.25, -0.2) is 0 Å². The monoisotopic (exact) mass is 489 g/mol. The zero-order valence-electron chi connectivity index (χ0n) is 21.5. The lowest BCUT2D eigenvalue weighted by Crippen LogP contribution is -2.62. The summed E-state index contributed by atoms with van der Waals surface area (Å²) in [4.78, 5) is 12.3. The average Bonchev–Trinajstić information content (AvgIpc) is 2.67. The van der Waals surface area contributed by atoms with E-state index < -0.39 is 21.2 Å². The lowest BCUT2D eigenvalue weighted by molar-refractivity contribution is -0.290. The molecule has 1 amide bonds. The predicted molar refractivity (Wildman–Crippen MR) is 133 cm³/mol. The number of hydrogen-bond donors (Lipinski definition) is 2. The first-order chi connectivity index (χ1) is 15.3. The number of unbranched alkanes of at least 4 members (excludes halogenated alkanes) is 12. The second-order valence-corrected chi connectivity index (χ2v) is 12.8. The zero-order chi connectivity index (χ0) is 25.0. The summed E-state index contributed by atoms with van der Waals surface area (Å²) < 4.78 is 29.9. The molecule has 8 heteroatoms. The molecule has 1 rings (SSSR count). The van der Waals surface area contributed by atoms with Crippen LogP contribution in [0.25, 0.3) is 0 Å². The average molecular weight is 490 g/mol. The van der Waals surface area contributed by atoms with Gasteiger partial charge in [0.1, 0.15) is 0 Å². The van der Waals surface area contributed by atoms with Gasteiger partial charge in [0.2, 0.25) is 5.91 Å². The maximum atomic E-state index is 12.4. The SMILES string of the molecule is CC1(C)CC(NC(=O)CCCCCCCCCCCCCCCS(=O)(=O)O)CC(C)(C)N1[O]. The molecule has 1 aliphatic rings. The summed E-state index contributed by atoms with van der Waals surface area (Å²) in [7, 11) is -3.79. The van der Waals surface area contributed by atoms with Crippen LogP contribution in [-0.4, -0.2) is 46.8 Å². The van der Waals surface area contributed by atoms with Crippen molar-refractivity contribution < 1.29 is 23.0 Å². The minimum atomic E-state index is -3.79. The fraction of sp³-hybridized carbons (Fsp3) is 0.960. The van der Waals surface area contributed by atoms with Crippen molar-refractivity contribution in [3.05, 3.63) is 0 Å². The van der Waals surface area contributed by atoms with Crippen molar-refractivity contribution in [2.75, 3.05) is 5.75 Å². The topological polar surface area (TPSA) is 107 Å². The second kappa shape index (κ2) is 14.6. The molecule has 1 saturated heterocycles. The number of hydroxylamine groups is 2. The Hall–Kier alpha value is -0.700. The summed E-state index contributed by atoms with van der Waals surface area (Å²) >= 11 is 0. The minimum Gasteiger partial charge on any atom is -0.353 e. The van der Waals surface area contributed by atoms with Crippen LogP contribution in [0.3, 0.4) is 0 Å². The molecule has 1 radical (unpaired) electrons. The highest BCUT2D eigenvalue weighted by atomic mass is 32.2. The van der Waals surface area contributed by atoms with E-state index in [1.54, 1.807) is 0 Å². The van der Waals surface area contributed by atoms with Crippen LogP contribution in [0.1, 0.15) is 130 Å². The quantitative estimate of drug-likeness (QED) is 0.198. The molecule has 1 aliphatic heterocycles. The Morgan fingerprint density at radius 3 is 1.55 bits per heavy atom. The van der Waals surface area contributed by atoms with Crippen LogP contribution in [0.4, 0.5) is 0 Å². The van der Waals surface area contributed by atoms with E-state index in [0.717, 1.165) is 32.1 Å². The Morgan fingerprint density at radius 2 is 1.15 bits per heavy atom. The molecule has 1 heterocycles. The van der Waals surface area contributed by atoms with Gasteiger partial charge in [-0.05, 0) is 53.4 Å². The molecule has 195 valence electrons. The van der Waals surface area contributed by atoms with Gasteiger partial charge in [0.05, 0.1) is 5.75 Å². The molecule has 33 heavy (non-hydrogen) atoms. The summed E-state index contributed by atoms with van der Waals surface area (Å²) in [5, 5.41) is 16.8. The highest BCUT2D eigenvalue weighted by molar-refractivity contribution is 7.85. The first kappa shape index (κ1) is 30.3. The van der Waals surface area contributed by atoms with Gasteiger partial charge < -0.3 is 5.32 Å². The maximum absolute atomic E-state index is 12.4. The first-order valence-electron chi connectivity index (χ1n) is 13.1. The van der Waals surface area contributed by atoms with Crippen LogP contribution >= 0.6 is 0 Å². The molecule has 0 spiro atoms. The van der Waals surface area contributed by atoms with Gasteiger partial charge in [0.15, 0.2) is 0 Å². The molecule has 0 aromatic heterocycles. The van der Waals surface area contributed by atoms with Crippen LogP contribution in [0.2, 0.25) is 0 Å². The third kappa shape index (κ3) is 13.7. The van der Waals surface area contributed by atoms with E-state index in [0.29, 0.717) is 25.7 Å². The van der Waals surface area contributed by atoms with E-state index in [1.807, 2.05) is 27.7 Å². The standard InChI is InChI=1S/C25H49N2O5S/c1-24(2)20-22(21-25(3,4)27(24)29)26-23(28)18-16-14-12-10-8-6-5-7-9-11-13-15-17-19-33(30,31)32/h22H,5-21H2,1-4H3,(H,26,28)(H,30,31,32). The van der Waals surface area contributed by atoms with Gasteiger partial charge >= 0.3 is 0 Å². The Balaban J connectivity index is 1.94. The normalized spacial score (nSPS) is 19.0.